The van der Waals surface area contributed by atoms with E-state index >= 15 is 0 Å². The van der Waals surface area contributed by atoms with E-state index in [9.17, 15) is 4.79 Å². The summed E-state index contributed by atoms with van der Waals surface area (Å²) in [5.74, 6) is 3.27. The van der Waals surface area contributed by atoms with Crippen molar-refractivity contribution in [3.05, 3.63) is 47.2 Å². The van der Waals surface area contributed by atoms with Crippen molar-refractivity contribution in [2.45, 2.75) is 51.5 Å². The van der Waals surface area contributed by atoms with Gasteiger partial charge in [0.15, 0.2) is 0 Å². The smallest absolute Gasteiger partial charge is 0.220 e. The molecule has 0 saturated carbocycles. The van der Waals surface area contributed by atoms with Gasteiger partial charge in [0.1, 0.15) is 5.76 Å². The van der Waals surface area contributed by atoms with Gasteiger partial charge in [-0.05, 0) is 64.8 Å². The Hall–Kier alpha value is -1.79. The van der Waals surface area contributed by atoms with Gasteiger partial charge in [-0.3, -0.25) is 9.69 Å². The number of piperidine rings is 1. The lowest BCUT2D eigenvalue weighted by Gasteiger charge is -2.31. The zero-order valence-corrected chi connectivity index (χ0v) is 18.0. The van der Waals surface area contributed by atoms with E-state index in [1.54, 1.807) is 11.8 Å². The molecule has 0 atom stereocenters. The summed E-state index contributed by atoms with van der Waals surface area (Å²) in [4.78, 5) is 20.2. The van der Waals surface area contributed by atoms with Gasteiger partial charge >= 0.3 is 0 Å². The molecule has 152 valence electrons. The van der Waals surface area contributed by atoms with Crippen LogP contribution in [0.1, 0.15) is 42.2 Å². The van der Waals surface area contributed by atoms with Crippen LogP contribution in [0.4, 0.5) is 0 Å². The molecule has 1 fully saturated rings. The molecule has 28 heavy (non-hydrogen) atoms. The van der Waals surface area contributed by atoms with Crippen LogP contribution in [-0.4, -0.2) is 41.2 Å². The van der Waals surface area contributed by atoms with E-state index in [1.165, 1.54) is 10.5 Å². The molecule has 1 amide bonds. The fourth-order valence-corrected chi connectivity index (χ4v) is 4.24. The highest BCUT2D eigenvalue weighted by Crippen LogP contribution is 2.20. The number of thioether (sulfide) groups is 1. The molecule has 0 aliphatic carbocycles. The fourth-order valence-electron chi connectivity index (χ4n) is 3.39. The Labute approximate surface area is 172 Å². The molecule has 1 aliphatic rings. The van der Waals surface area contributed by atoms with Crippen LogP contribution >= 0.6 is 11.8 Å². The summed E-state index contributed by atoms with van der Waals surface area (Å²) < 4.78 is 5.69. The van der Waals surface area contributed by atoms with Crippen molar-refractivity contribution in [2.24, 2.45) is 5.92 Å². The molecule has 1 aliphatic heterocycles. The minimum Gasteiger partial charge on any atom is -0.444 e. The number of carbonyl (C=O) groups is 1. The third-order valence-corrected chi connectivity index (χ3v) is 6.36. The van der Waals surface area contributed by atoms with E-state index in [4.69, 9.17) is 4.42 Å². The molecule has 3 rings (SSSR count). The predicted octanol–water partition coefficient (Wildman–Crippen LogP) is 4.11. The Morgan fingerprint density at radius 3 is 2.57 bits per heavy atom. The Balaban J connectivity index is 1.29. The number of oxazole rings is 1. The number of likely N-dealkylation sites (tertiary alicyclic amines) is 1. The van der Waals surface area contributed by atoms with Gasteiger partial charge in [0.05, 0.1) is 12.2 Å². The number of hydrogen-bond donors (Lipinski definition) is 1. The second kappa shape index (κ2) is 10.1. The Morgan fingerprint density at radius 2 is 1.93 bits per heavy atom. The van der Waals surface area contributed by atoms with Crippen LogP contribution in [0.5, 0.6) is 0 Å². The molecule has 1 aromatic carbocycles. The normalized spacial score (nSPS) is 15.7. The number of hydrogen-bond acceptors (Lipinski definition) is 5. The molecule has 6 heteroatoms. The van der Waals surface area contributed by atoms with Crippen LogP contribution in [-0.2, 0) is 11.3 Å². The lowest BCUT2D eigenvalue weighted by Crippen LogP contribution is -2.38. The lowest BCUT2D eigenvalue weighted by atomic mass is 9.97. The first-order valence-corrected chi connectivity index (χ1v) is 11.1. The number of carbonyl (C=O) groups excluding carboxylic acids is 1. The number of rotatable bonds is 8. The molecule has 0 spiro atoms. The molecule has 1 aromatic heterocycles. The van der Waals surface area contributed by atoms with Gasteiger partial charge in [0, 0.05) is 23.6 Å². The van der Waals surface area contributed by atoms with E-state index in [0.29, 0.717) is 12.3 Å². The molecule has 0 bridgehead atoms. The quantitative estimate of drug-likeness (QED) is 0.675. The predicted molar refractivity (Wildman–Crippen MR) is 114 cm³/mol. The van der Waals surface area contributed by atoms with Crippen molar-refractivity contribution in [3.63, 3.8) is 0 Å². The number of nitrogens with one attached hydrogen (secondary N) is 1. The molecule has 0 radical (unpaired) electrons. The summed E-state index contributed by atoms with van der Waals surface area (Å²) in [6, 6.07) is 8.46. The molecular formula is C22H31N3O2S. The number of aromatic nitrogens is 1. The Bertz CT molecular complexity index is 745. The zero-order chi connectivity index (χ0) is 19.9. The SMILES string of the molecule is Cc1ccc(SCCC(=O)NCC2CCN(Cc3nc(C)c(C)o3)CC2)cc1. The molecule has 0 unspecified atom stereocenters. The number of benzene rings is 1. The van der Waals surface area contributed by atoms with Gasteiger partial charge < -0.3 is 9.73 Å². The third kappa shape index (κ3) is 6.38. The van der Waals surface area contributed by atoms with Crippen molar-refractivity contribution in [3.8, 4) is 0 Å². The highest BCUT2D eigenvalue weighted by Gasteiger charge is 2.21. The third-order valence-electron chi connectivity index (χ3n) is 5.35. The first kappa shape index (κ1) is 20.9. The molecule has 1 N–H and O–H groups in total. The van der Waals surface area contributed by atoms with Crippen LogP contribution in [0.3, 0.4) is 0 Å². The van der Waals surface area contributed by atoms with E-state index < -0.39 is 0 Å². The average Bonchev–Trinajstić information content (AvgIpc) is 3.00. The van der Waals surface area contributed by atoms with Crippen molar-refractivity contribution in [1.29, 1.82) is 0 Å². The zero-order valence-electron chi connectivity index (χ0n) is 17.2. The minimum atomic E-state index is 0.160. The van der Waals surface area contributed by atoms with Gasteiger partial charge in [0.2, 0.25) is 11.8 Å². The molecule has 1 saturated heterocycles. The van der Waals surface area contributed by atoms with Crippen LogP contribution < -0.4 is 5.32 Å². The second-order valence-corrected chi connectivity index (χ2v) is 8.85. The van der Waals surface area contributed by atoms with E-state index in [1.807, 2.05) is 13.8 Å². The largest absolute Gasteiger partial charge is 0.444 e. The van der Waals surface area contributed by atoms with Gasteiger partial charge in [-0.2, -0.15) is 0 Å². The Kier molecular flexibility index (Phi) is 7.57. The lowest BCUT2D eigenvalue weighted by molar-refractivity contribution is -0.120. The molecule has 2 aromatic rings. The maximum Gasteiger partial charge on any atom is 0.220 e. The molecule has 2 heterocycles. The van der Waals surface area contributed by atoms with Gasteiger partial charge in [0.25, 0.3) is 0 Å². The number of aryl methyl sites for hydroxylation is 3. The van der Waals surface area contributed by atoms with E-state index in [2.05, 4.69) is 46.4 Å². The minimum absolute atomic E-state index is 0.160. The topological polar surface area (TPSA) is 58.4 Å². The van der Waals surface area contributed by atoms with Crippen LogP contribution in [0.25, 0.3) is 0 Å². The maximum absolute atomic E-state index is 12.1. The first-order chi connectivity index (χ1) is 13.5. The van der Waals surface area contributed by atoms with E-state index in [-0.39, 0.29) is 5.91 Å². The maximum atomic E-state index is 12.1. The van der Waals surface area contributed by atoms with Crippen LogP contribution in [0, 0.1) is 26.7 Å². The standard InChI is InChI=1S/C22H31N3O2S/c1-16-4-6-20(7-5-16)28-13-10-21(26)23-14-19-8-11-25(12-9-19)15-22-24-17(2)18(3)27-22/h4-7,19H,8-15H2,1-3H3,(H,23,26). The Morgan fingerprint density at radius 1 is 1.21 bits per heavy atom. The van der Waals surface area contributed by atoms with Gasteiger partial charge in [-0.1, -0.05) is 17.7 Å². The highest BCUT2D eigenvalue weighted by molar-refractivity contribution is 7.99. The van der Waals surface area contributed by atoms with Crippen molar-refractivity contribution in [2.75, 3.05) is 25.4 Å². The van der Waals surface area contributed by atoms with Crippen LogP contribution in [0.2, 0.25) is 0 Å². The van der Waals surface area contributed by atoms with Gasteiger partial charge in [-0.15, -0.1) is 11.8 Å². The van der Waals surface area contributed by atoms with Crippen LogP contribution in [0.15, 0.2) is 33.6 Å². The average molecular weight is 402 g/mol. The van der Waals surface area contributed by atoms with E-state index in [0.717, 1.165) is 62.1 Å². The summed E-state index contributed by atoms with van der Waals surface area (Å²) in [6.45, 7) is 9.66. The summed E-state index contributed by atoms with van der Waals surface area (Å²) >= 11 is 1.74. The first-order valence-electron chi connectivity index (χ1n) is 10.1. The second-order valence-electron chi connectivity index (χ2n) is 7.68. The van der Waals surface area contributed by atoms with Gasteiger partial charge in [-0.25, -0.2) is 4.98 Å². The fraction of sp³-hybridized carbons (Fsp3) is 0.545. The summed E-state index contributed by atoms with van der Waals surface area (Å²) in [5, 5.41) is 3.12. The summed E-state index contributed by atoms with van der Waals surface area (Å²) in [6.07, 6.45) is 2.79. The van der Waals surface area contributed by atoms with Crippen molar-refractivity contribution < 1.29 is 9.21 Å². The number of amides is 1. The summed E-state index contributed by atoms with van der Waals surface area (Å²) in [7, 11) is 0. The summed E-state index contributed by atoms with van der Waals surface area (Å²) in [5.41, 5.74) is 2.24. The molecular weight excluding hydrogens is 370 g/mol. The van der Waals surface area contributed by atoms with Crippen molar-refractivity contribution in [1.82, 2.24) is 15.2 Å². The van der Waals surface area contributed by atoms with Crippen molar-refractivity contribution >= 4 is 17.7 Å². The monoisotopic (exact) mass is 401 g/mol. The number of nitrogens with zero attached hydrogens (tertiary/aromatic N) is 2. The highest BCUT2D eigenvalue weighted by atomic mass is 32.2. The molecule has 5 nitrogen and oxygen atoms in total.